The van der Waals surface area contributed by atoms with Crippen LogP contribution in [0, 0.1) is 6.92 Å². The number of benzene rings is 1. The van der Waals surface area contributed by atoms with Crippen molar-refractivity contribution < 1.29 is 4.79 Å². The van der Waals surface area contributed by atoms with Gasteiger partial charge in [-0.1, -0.05) is 24.3 Å². The zero-order valence-electron chi connectivity index (χ0n) is 15.1. The minimum atomic E-state index is 0.298. The Kier molecular flexibility index (Phi) is 4.34. The lowest BCUT2D eigenvalue weighted by molar-refractivity contribution is -0.129. The summed E-state index contributed by atoms with van der Waals surface area (Å²) in [6.45, 7) is 7.82. The fourth-order valence-electron chi connectivity index (χ4n) is 4.28. The van der Waals surface area contributed by atoms with Gasteiger partial charge in [-0.2, -0.15) is 5.10 Å². The Morgan fingerprint density at radius 2 is 2.04 bits per heavy atom. The van der Waals surface area contributed by atoms with Gasteiger partial charge in [-0.15, -0.1) is 0 Å². The maximum atomic E-state index is 12.6. The van der Waals surface area contributed by atoms with E-state index in [0.29, 0.717) is 24.4 Å². The highest BCUT2D eigenvalue weighted by Crippen LogP contribution is 2.34. The molecule has 0 bridgehead atoms. The normalized spacial score (nSPS) is 23.4. The third-order valence-corrected chi connectivity index (χ3v) is 5.73. The van der Waals surface area contributed by atoms with E-state index in [2.05, 4.69) is 59.2 Å². The highest BCUT2D eigenvalue weighted by atomic mass is 16.2. The molecular weight excluding hydrogens is 312 g/mol. The molecule has 0 aliphatic carbocycles. The summed E-state index contributed by atoms with van der Waals surface area (Å²) < 4.78 is 1.97. The molecule has 2 atom stereocenters. The van der Waals surface area contributed by atoms with E-state index in [0.717, 1.165) is 32.6 Å². The molecule has 0 radical (unpaired) electrons. The van der Waals surface area contributed by atoms with Gasteiger partial charge in [0.25, 0.3) is 0 Å². The molecule has 0 N–H and O–H groups in total. The van der Waals surface area contributed by atoms with Gasteiger partial charge in [-0.05, 0) is 31.4 Å². The van der Waals surface area contributed by atoms with Crippen LogP contribution < -0.4 is 0 Å². The van der Waals surface area contributed by atoms with Gasteiger partial charge in [-0.25, -0.2) is 0 Å². The molecule has 1 amide bonds. The Bertz CT molecular complexity index is 769. The van der Waals surface area contributed by atoms with Crippen molar-refractivity contribution in [3.8, 4) is 0 Å². The van der Waals surface area contributed by atoms with Gasteiger partial charge < -0.3 is 4.90 Å². The summed E-state index contributed by atoms with van der Waals surface area (Å²) in [6.07, 6.45) is 5.80. The van der Waals surface area contributed by atoms with Crippen LogP contribution in [0.3, 0.4) is 0 Å². The molecule has 132 valence electrons. The summed E-state index contributed by atoms with van der Waals surface area (Å²) in [5, 5.41) is 4.37. The molecule has 2 fully saturated rings. The Morgan fingerprint density at radius 3 is 2.80 bits per heavy atom. The van der Waals surface area contributed by atoms with E-state index >= 15 is 0 Å². The lowest BCUT2D eigenvalue weighted by Gasteiger charge is -2.26. The van der Waals surface area contributed by atoms with Crippen molar-refractivity contribution in [1.29, 1.82) is 0 Å². The lowest BCUT2D eigenvalue weighted by Crippen LogP contribution is -2.36. The maximum absolute atomic E-state index is 12.6. The quantitative estimate of drug-likeness (QED) is 0.841. The summed E-state index contributed by atoms with van der Waals surface area (Å²) >= 11 is 0. The first kappa shape index (κ1) is 16.3. The summed E-state index contributed by atoms with van der Waals surface area (Å²) in [5.74, 6) is 0.298. The smallest absolute Gasteiger partial charge is 0.224 e. The molecule has 2 aromatic rings. The zero-order valence-corrected chi connectivity index (χ0v) is 15.1. The number of aryl methyl sites for hydroxylation is 2. The SMILES string of the molecule is CCn1cc(CN2CC[C@H]3[C@@H]2CC(=O)N3Cc2ccccc2C)cn1. The van der Waals surface area contributed by atoms with Crippen LogP contribution in [-0.2, 0) is 24.4 Å². The fraction of sp³-hybridized carbons (Fsp3) is 0.500. The van der Waals surface area contributed by atoms with Crippen molar-refractivity contribution in [3.05, 3.63) is 53.3 Å². The van der Waals surface area contributed by atoms with Crippen LogP contribution >= 0.6 is 0 Å². The second kappa shape index (κ2) is 6.64. The van der Waals surface area contributed by atoms with E-state index in [1.807, 2.05) is 10.9 Å². The number of hydrogen-bond acceptors (Lipinski definition) is 3. The second-order valence-electron chi connectivity index (χ2n) is 7.25. The molecule has 2 aliphatic rings. The molecule has 1 aromatic carbocycles. The van der Waals surface area contributed by atoms with E-state index in [9.17, 15) is 4.79 Å². The zero-order chi connectivity index (χ0) is 17.4. The Labute approximate surface area is 149 Å². The van der Waals surface area contributed by atoms with Gasteiger partial charge in [0, 0.05) is 56.4 Å². The Hall–Kier alpha value is -2.14. The summed E-state index contributed by atoms with van der Waals surface area (Å²) in [5.41, 5.74) is 3.77. The van der Waals surface area contributed by atoms with E-state index < -0.39 is 0 Å². The van der Waals surface area contributed by atoms with Crippen molar-refractivity contribution in [1.82, 2.24) is 19.6 Å². The number of aromatic nitrogens is 2. The minimum Gasteiger partial charge on any atom is -0.334 e. The van der Waals surface area contributed by atoms with Crippen molar-refractivity contribution in [3.63, 3.8) is 0 Å². The molecule has 0 spiro atoms. The van der Waals surface area contributed by atoms with Crippen LogP contribution in [-0.4, -0.2) is 44.1 Å². The maximum Gasteiger partial charge on any atom is 0.224 e. The number of nitrogens with zero attached hydrogens (tertiary/aromatic N) is 4. The van der Waals surface area contributed by atoms with Crippen molar-refractivity contribution in [2.75, 3.05) is 6.54 Å². The van der Waals surface area contributed by atoms with E-state index in [4.69, 9.17) is 0 Å². The van der Waals surface area contributed by atoms with Gasteiger partial charge >= 0.3 is 0 Å². The molecule has 5 heteroatoms. The number of hydrogen-bond donors (Lipinski definition) is 0. The third kappa shape index (κ3) is 3.09. The molecule has 3 heterocycles. The molecule has 1 aromatic heterocycles. The van der Waals surface area contributed by atoms with E-state index in [1.165, 1.54) is 16.7 Å². The summed E-state index contributed by atoms with van der Waals surface area (Å²) in [4.78, 5) is 17.2. The number of amides is 1. The first-order chi connectivity index (χ1) is 12.2. The van der Waals surface area contributed by atoms with Gasteiger partial charge in [0.05, 0.1) is 6.20 Å². The van der Waals surface area contributed by atoms with E-state index in [-0.39, 0.29) is 0 Å². The molecule has 4 rings (SSSR count). The molecule has 0 saturated carbocycles. The number of carbonyl (C=O) groups excluding carboxylic acids is 1. The average Bonchev–Trinajstić information content (AvgIpc) is 3.29. The highest BCUT2D eigenvalue weighted by Gasteiger charge is 2.46. The van der Waals surface area contributed by atoms with Gasteiger partial charge in [0.2, 0.25) is 5.91 Å². The molecule has 2 aliphatic heterocycles. The second-order valence-corrected chi connectivity index (χ2v) is 7.25. The van der Waals surface area contributed by atoms with Crippen molar-refractivity contribution in [2.45, 2.75) is 58.4 Å². The standard InChI is InChI=1S/C20H26N4O/c1-3-23-13-16(11-21-23)12-22-9-8-18-19(22)10-20(25)24(18)14-17-7-5-4-6-15(17)2/h4-7,11,13,18-19H,3,8-10,12,14H2,1-2H3/t18-,19-/m0/s1. The predicted octanol–water partition coefficient (Wildman–Crippen LogP) is 2.59. The average molecular weight is 338 g/mol. The van der Waals surface area contributed by atoms with Gasteiger partial charge in [0.1, 0.15) is 0 Å². The molecule has 25 heavy (non-hydrogen) atoms. The highest BCUT2D eigenvalue weighted by molar-refractivity contribution is 5.80. The first-order valence-electron chi connectivity index (χ1n) is 9.25. The summed E-state index contributed by atoms with van der Waals surface area (Å²) in [6, 6.07) is 9.09. The van der Waals surface area contributed by atoms with Gasteiger partial charge in [0.15, 0.2) is 0 Å². The van der Waals surface area contributed by atoms with Crippen LogP contribution in [0.1, 0.15) is 36.5 Å². The third-order valence-electron chi connectivity index (χ3n) is 5.73. The molecular formula is C20H26N4O. The number of rotatable bonds is 5. The molecule has 0 unspecified atom stereocenters. The van der Waals surface area contributed by atoms with Crippen LogP contribution in [0.4, 0.5) is 0 Å². The van der Waals surface area contributed by atoms with Crippen LogP contribution in [0.2, 0.25) is 0 Å². The monoisotopic (exact) mass is 338 g/mol. The number of fused-ring (bicyclic) bond motifs is 1. The van der Waals surface area contributed by atoms with Gasteiger partial charge in [-0.3, -0.25) is 14.4 Å². The lowest BCUT2D eigenvalue weighted by atomic mass is 10.1. The number of carbonyl (C=O) groups is 1. The largest absolute Gasteiger partial charge is 0.334 e. The Balaban J connectivity index is 1.46. The van der Waals surface area contributed by atoms with Crippen molar-refractivity contribution >= 4 is 5.91 Å². The summed E-state index contributed by atoms with van der Waals surface area (Å²) in [7, 11) is 0. The predicted molar refractivity (Wildman–Crippen MR) is 96.9 cm³/mol. The first-order valence-corrected chi connectivity index (χ1v) is 9.25. The topological polar surface area (TPSA) is 41.4 Å². The fourth-order valence-corrected chi connectivity index (χ4v) is 4.28. The number of likely N-dealkylation sites (tertiary alicyclic amines) is 2. The molecule has 5 nitrogen and oxygen atoms in total. The van der Waals surface area contributed by atoms with E-state index in [1.54, 1.807) is 0 Å². The van der Waals surface area contributed by atoms with Crippen LogP contribution in [0.25, 0.3) is 0 Å². The van der Waals surface area contributed by atoms with Crippen molar-refractivity contribution in [2.24, 2.45) is 0 Å². The molecule has 2 saturated heterocycles. The Morgan fingerprint density at radius 1 is 1.20 bits per heavy atom. The van der Waals surface area contributed by atoms with Crippen LogP contribution in [0.15, 0.2) is 36.7 Å². The van der Waals surface area contributed by atoms with Crippen LogP contribution in [0.5, 0.6) is 0 Å². The minimum absolute atomic E-state index is 0.298.